The number of aromatic amines is 1. The molecule has 4 rings (SSSR count). The molecule has 1 saturated carbocycles. The lowest BCUT2D eigenvalue weighted by Crippen LogP contribution is -2.10. The van der Waals surface area contributed by atoms with E-state index in [-0.39, 0.29) is 0 Å². The third-order valence-corrected chi connectivity index (χ3v) is 5.87. The Morgan fingerprint density at radius 2 is 2.00 bits per heavy atom. The van der Waals surface area contributed by atoms with Gasteiger partial charge in [0.2, 0.25) is 0 Å². The maximum absolute atomic E-state index is 4.87. The number of nitrogens with zero attached hydrogens (tertiary/aromatic N) is 2. The topological polar surface area (TPSA) is 41.6 Å². The molecular formula is C16H21N3S. The van der Waals surface area contributed by atoms with E-state index in [0.29, 0.717) is 11.8 Å². The van der Waals surface area contributed by atoms with Crippen LogP contribution >= 0.6 is 11.3 Å². The largest absolute Gasteiger partial charge is 0.263 e. The highest BCUT2D eigenvalue weighted by molar-refractivity contribution is 7.10. The van der Waals surface area contributed by atoms with Gasteiger partial charge in [-0.25, -0.2) is 4.98 Å². The summed E-state index contributed by atoms with van der Waals surface area (Å²) in [7, 11) is 0. The van der Waals surface area contributed by atoms with E-state index in [1.165, 1.54) is 56.9 Å². The van der Waals surface area contributed by atoms with Crippen LogP contribution in [0.2, 0.25) is 0 Å². The molecule has 0 spiro atoms. The summed E-state index contributed by atoms with van der Waals surface area (Å²) in [5.41, 5.74) is 1.49. The second kappa shape index (κ2) is 5.32. The molecule has 2 aromatic rings. The molecule has 1 fully saturated rings. The van der Waals surface area contributed by atoms with Crippen LogP contribution in [0, 0.1) is 0 Å². The van der Waals surface area contributed by atoms with Crippen molar-refractivity contribution < 1.29 is 0 Å². The van der Waals surface area contributed by atoms with Gasteiger partial charge in [0.1, 0.15) is 5.82 Å². The molecule has 2 aliphatic carbocycles. The van der Waals surface area contributed by atoms with Crippen LogP contribution in [-0.2, 0) is 6.42 Å². The highest BCUT2D eigenvalue weighted by Crippen LogP contribution is 2.38. The van der Waals surface area contributed by atoms with Gasteiger partial charge < -0.3 is 0 Å². The molecule has 1 unspecified atom stereocenters. The first kappa shape index (κ1) is 12.6. The normalized spacial score (nSPS) is 23.7. The fourth-order valence-electron chi connectivity index (χ4n) is 3.76. The van der Waals surface area contributed by atoms with Gasteiger partial charge in [0.05, 0.1) is 0 Å². The number of rotatable bonds is 2. The van der Waals surface area contributed by atoms with E-state index in [9.17, 15) is 0 Å². The number of hydrogen-bond acceptors (Lipinski definition) is 3. The van der Waals surface area contributed by atoms with Gasteiger partial charge in [-0.05, 0) is 49.1 Å². The minimum Gasteiger partial charge on any atom is -0.263 e. The predicted octanol–water partition coefficient (Wildman–Crippen LogP) is 4.38. The summed E-state index contributed by atoms with van der Waals surface area (Å²) < 4.78 is 0. The first-order valence-electron chi connectivity index (χ1n) is 7.90. The summed E-state index contributed by atoms with van der Waals surface area (Å²) in [4.78, 5) is 6.43. The maximum atomic E-state index is 4.87. The van der Waals surface area contributed by atoms with E-state index < -0.39 is 0 Å². The summed E-state index contributed by atoms with van der Waals surface area (Å²) in [5.74, 6) is 3.22. The Morgan fingerprint density at radius 3 is 2.90 bits per heavy atom. The molecule has 0 aromatic carbocycles. The average molecular weight is 287 g/mol. The van der Waals surface area contributed by atoms with Crippen molar-refractivity contribution in [2.75, 3.05) is 0 Å². The molecule has 1 atom stereocenters. The Morgan fingerprint density at radius 1 is 1.10 bits per heavy atom. The van der Waals surface area contributed by atoms with E-state index >= 15 is 0 Å². The van der Waals surface area contributed by atoms with Gasteiger partial charge in [-0.1, -0.05) is 19.3 Å². The standard InChI is InChI=1S/C16H21N3S/c1-2-5-11(6-3-1)15-17-16(19-18-15)13-7-4-8-14-12(13)9-10-20-14/h9-11,13H,1-8H2,(H,17,18,19). The van der Waals surface area contributed by atoms with Crippen LogP contribution in [0.3, 0.4) is 0 Å². The SMILES string of the molecule is c1cc2c(s1)CCCC2c1nc(C2CCCCC2)n[nH]1. The number of aryl methyl sites for hydroxylation is 1. The third kappa shape index (κ3) is 2.20. The highest BCUT2D eigenvalue weighted by Gasteiger charge is 2.27. The zero-order chi connectivity index (χ0) is 13.4. The molecule has 3 nitrogen and oxygen atoms in total. The smallest absolute Gasteiger partial charge is 0.153 e. The average Bonchev–Trinajstić information content (AvgIpc) is 3.17. The highest BCUT2D eigenvalue weighted by atomic mass is 32.1. The number of aromatic nitrogens is 3. The molecule has 20 heavy (non-hydrogen) atoms. The van der Waals surface area contributed by atoms with Gasteiger partial charge in [0.15, 0.2) is 5.82 Å². The number of nitrogens with one attached hydrogen (secondary N) is 1. The second-order valence-electron chi connectivity index (χ2n) is 6.16. The Balaban J connectivity index is 1.60. The quantitative estimate of drug-likeness (QED) is 0.890. The van der Waals surface area contributed by atoms with Gasteiger partial charge in [-0.15, -0.1) is 11.3 Å². The van der Waals surface area contributed by atoms with Crippen molar-refractivity contribution in [3.8, 4) is 0 Å². The van der Waals surface area contributed by atoms with Crippen molar-refractivity contribution in [1.29, 1.82) is 0 Å². The molecule has 2 aromatic heterocycles. The molecule has 1 N–H and O–H groups in total. The zero-order valence-corrected chi connectivity index (χ0v) is 12.6. The van der Waals surface area contributed by atoms with Crippen LogP contribution in [0.1, 0.15) is 78.9 Å². The molecule has 0 amide bonds. The molecule has 0 saturated heterocycles. The van der Waals surface area contributed by atoms with Crippen LogP contribution in [0.25, 0.3) is 0 Å². The number of H-pyrrole nitrogens is 1. The van der Waals surface area contributed by atoms with Crippen molar-refractivity contribution >= 4 is 11.3 Å². The summed E-state index contributed by atoms with van der Waals surface area (Å²) in [6.45, 7) is 0. The number of thiophene rings is 1. The summed E-state index contributed by atoms with van der Waals surface area (Å²) in [6, 6.07) is 2.28. The molecule has 2 aliphatic rings. The van der Waals surface area contributed by atoms with Crippen molar-refractivity contribution in [3.63, 3.8) is 0 Å². The van der Waals surface area contributed by atoms with Gasteiger partial charge in [0.25, 0.3) is 0 Å². The van der Waals surface area contributed by atoms with E-state index in [2.05, 4.69) is 21.6 Å². The van der Waals surface area contributed by atoms with E-state index in [1.807, 2.05) is 11.3 Å². The minimum atomic E-state index is 0.454. The van der Waals surface area contributed by atoms with E-state index in [1.54, 1.807) is 4.88 Å². The molecule has 4 heteroatoms. The van der Waals surface area contributed by atoms with E-state index in [0.717, 1.165) is 11.6 Å². The molecule has 0 bridgehead atoms. The molecular weight excluding hydrogens is 266 g/mol. The van der Waals surface area contributed by atoms with Gasteiger partial charge in [-0.3, -0.25) is 5.10 Å². The Bertz CT molecular complexity index is 580. The van der Waals surface area contributed by atoms with Gasteiger partial charge >= 0.3 is 0 Å². The first-order valence-corrected chi connectivity index (χ1v) is 8.78. The Labute approximate surface area is 123 Å². The lowest BCUT2D eigenvalue weighted by molar-refractivity contribution is 0.429. The predicted molar refractivity (Wildman–Crippen MR) is 81.3 cm³/mol. The maximum Gasteiger partial charge on any atom is 0.153 e. The third-order valence-electron chi connectivity index (χ3n) is 4.87. The minimum absolute atomic E-state index is 0.454. The Hall–Kier alpha value is -1.16. The molecule has 2 heterocycles. The molecule has 106 valence electrons. The monoisotopic (exact) mass is 287 g/mol. The molecule has 0 aliphatic heterocycles. The second-order valence-corrected chi connectivity index (χ2v) is 7.16. The van der Waals surface area contributed by atoms with Crippen molar-refractivity contribution in [1.82, 2.24) is 15.2 Å². The summed E-state index contributed by atoms with van der Waals surface area (Å²) in [6.07, 6.45) is 10.3. The van der Waals surface area contributed by atoms with Crippen molar-refractivity contribution in [2.24, 2.45) is 0 Å². The van der Waals surface area contributed by atoms with E-state index in [4.69, 9.17) is 4.98 Å². The molecule has 0 radical (unpaired) electrons. The summed E-state index contributed by atoms with van der Waals surface area (Å²) >= 11 is 1.90. The van der Waals surface area contributed by atoms with Crippen LogP contribution in [0.15, 0.2) is 11.4 Å². The fraction of sp³-hybridized carbons (Fsp3) is 0.625. The van der Waals surface area contributed by atoms with Crippen LogP contribution in [0.5, 0.6) is 0 Å². The lowest BCUT2D eigenvalue weighted by Gasteiger charge is -2.20. The van der Waals surface area contributed by atoms with Crippen molar-refractivity contribution in [2.45, 2.75) is 63.2 Å². The van der Waals surface area contributed by atoms with Crippen LogP contribution < -0.4 is 0 Å². The van der Waals surface area contributed by atoms with Crippen LogP contribution in [-0.4, -0.2) is 15.2 Å². The fourth-order valence-corrected chi connectivity index (χ4v) is 4.75. The summed E-state index contributed by atoms with van der Waals surface area (Å²) in [5, 5.41) is 10.0. The number of fused-ring (bicyclic) bond motifs is 1. The first-order chi connectivity index (χ1) is 9.92. The lowest BCUT2D eigenvalue weighted by atomic mass is 9.87. The van der Waals surface area contributed by atoms with Crippen LogP contribution in [0.4, 0.5) is 0 Å². The zero-order valence-electron chi connectivity index (χ0n) is 11.8. The number of hydrogen-bond donors (Lipinski definition) is 1. The van der Waals surface area contributed by atoms with Gasteiger partial charge in [0, 0.05) is 16.7 Å². The Kier molecular flexibility index (Phi) is 3.34. The van der Waals surface area contributed by atoms with Crippen molar-refractivity contribution in [3.05, 3.63) is 33.5 Å². The van der Waals surface area contributed by atoms with Gasteiger partial charge in [-0.2, -0.15) is 5.10 Å².